The lowest BCUT2D eigenvalue weighted by Crippen LogP contribution is -2.35. The van der Waals surface area contributed by atoms with Crippen molar-refractivity contribution in [2.24, 2.45) is 11.8 Å². The lowest BCUT2D eigenvalue weighted by atomic mass is 10.1. The molecule has 1 aliphatic rings. The largest absolute Gasteiger partial charge is 0.382 e. The SMILES string of the molecule is CCS(=O)(=O)Oc1ccc(CN(CC(C)C)C(=O)C2CC2c2ccccc2)cc1. The molecular formula is C23H29NO4S. The normalized spacial score (nSPS) is 18.5. The summed E-state index contributed by atoms with van der Waals surface area (Å²) in [5.41, 5.74) is 2.19. The van der Waals surface area contributed by atoms with E-state index in [0.29, 0.717) is 30.7 Å². The second-order valence-electron chi connectivity index (χ2n) is 8.05. The van der Waals surface area contributed by atoms with E-state index in [1.165, 1.54) is 5.56 Å². The highest BCUT2D eigenvalue weighted by molar-refractivity contribution is 7.87. The zero-order chi connectivity index (χ0) is 21.0. The van der Waals surface area contributed by atoms with Gasteiger partial charge in [-0.1, -0.05) is 56.3 Å². The first-order chi connectivity index (χ1) is 13.8. The molecule has 0 aliphatic heterocycles. The molecule has 0 aromatic heterocycles. The number of amides is 1. The molecule has 1 saturated carbocycles. The van der Waals surface area contributed by atoms with E-state index in [-0.39, 0.29) is 17.6 Å². The summed E-state index contributed by atoms with van der Waals surface area (Å²) >= 11 is 0. The lowest BCUT2D eigenvalue weighted by molar-refractivity contribution is -0.133. The van der Waals surface area contributed by atoms with Crippen LogP contribution in [0.1, 0.15) is 44.2 Å². The molecule has 0 saturated heterocycles. The van der Waals surface area contributed by atoms with Crippen LogP contribution in [-0.2, 0) is 21.5 Å². The Hall–Kier alpha value is -2.34. The molecule has 5 nitrogen and oxygen atoms in total. The van der Waals surface area contributed by atoms with Gasteiger partial charge in [0.1, 0.15) is 5.75 Å². The molecule has 2 aromatic rings. The molecule has 2 atom stereocenters. The van der Waals surface area contributed by atoms with Crippen molar-refractivity contribution in [3.8, 4) is 5.75 Å². The van der Waals surface area contributed by atoms with Crippen LogP contribution in [-0.4, -0.2) is 31.5 Å². The van der Waals surface area contributed by atoms with E-state index in [9.17, 15) is 13.2 Å². The molecule has 6 heteroatoms. The fourth-order valence-corrected chi connectivity index (χ4v) is 4.04. The van der Waals surface area contributed by atoms with E-state index in [1.54, 1.807) is 19.1 Å². The van der Waals surface area contributed by atoms with Gasteiger partial charge in [-0.25, -0.2) is 0 Å². The maximum Gasteiger partial charge on any atom is 0.308 e. The summed E-state index contributed by atoms with van der Waals surface area (Å²) in [5, 5.41) is 0. The van der Waals surface area contributed by atoms with Gasteiger partial charge in [-0.3, -0.25) is 4.79 Å². The lowest BCUT2D eigenvalue weighted by Gasteiger charge is -2.25. The van der Waals surface area contributed by atoms with E-state index < -0.39 is 10.1 Å². The average Bonchev–Trinajstić information content (AvgIpc) is 3.49. The first-order valence-electron chi connectivity index (χ1n) is 10.1. The van der Waals surface area contributed by atoms with Crippen molar-refractivity contribution < 1.29 is 17.4 Å². The molecule has 3 rings (SSSR count). The van der Waals surface area contributed by atoms with Gasteiger partial charge >= 0.3 is 10.1 Å². The van der Waals surface area contributed by atoms with Crippen molar-refractivity contribution in [2.45, 2.75) is 39.7 Å². The molecule has 2 aromatic carbocycles. The molecule has 0 bridgehead atoms. The van der Waals surface area contributed by atoms with Crippen molar-refractivity contribution in [1.29, 1.82) is 0 Å². The summed E-state index contributed by atoms with van der Waals surface area (Å²) in [6.45, 7) is 6.96. The molecule has 29 heavy (non-hydrogen) atoms. The molecule has 2 unspecified atom stereocenters. The van der Waals surface area contributed by atoms with Crippen LogP contribution >= 0.6 is 0 Å². The first-order valence-corrected chi connectivity index (χ1v) is 11.7. The smallest absolute Gasteiger partial charge is 0.308 e. The molecule has 156 valence electrons. The van der Waals surface area contributed by atoms with Crippen LogP contribution in [0, 0.1) is 11.8 Å². The second kappa shape index (κ2) is 8.99. The van der Waals surface area contributed by atoms with Crippen LogP contribution in [0.15, 0.2) is 54.6 Å². The Bertz CT molecular complexity index is 923. The maximum atomic E-state index is 13.1. The number of rotatable bonds is 9. The van der Waals surface area contributed by atoms with Crippen LogP contribution in [0.5, 0.6) is 5.75 Å². The van der Waals surface area contributed by atoms with Crippen molar-refractivity contribution in [2.75, 3.05) is 12.3 Å². The first kappa shape index (κ1) is 21.4. The van der Waals surface area contributed by atoms with Gasteiger partial charge in [0.15, 0.2) is 0 Å². The molecule has 1 fully saturated rings. The predicted molar refractivity (Wildman–Crippen MR) is 114 cm³/mol. The van der Waals surface area contributed by atoms with Crippen LogP contribution in [0.3, 0.4) is 0 Å². The zero-order valence-electron chi connectivity index (χ0n) is 17.2. The van der Waals surface area contributed by atoms with E-state index in [2.05, 4.69) is 26.0 Å². The fraction of sp³-hybridized carbons (Fsp3) is 0.435. The van der Waals surface area contributed by atoms with E-state index in [0.717, 1.165) is 12.0 Å². The number of carbonyl (C=O) groups excluding carboxylic acids is 1. The molecule has 1 aliphatic carbocycles. The van der Waals surface area contributed by atoms with Crippen LogP contribution in [0.25, 0.3) is 0 Å². The minimum absolute atomic E-state index is 0.0495. The number of hydrogen-bond acceptors (Lipinski definition) is 4. The summed E-state index contributed by atoms with van der Waals surface area (Å²) < 4.78 is 28.2. The highest BCUT2D eigenvalue weighted by atomic mass is 32.2. The Morgan fingerprint density at radius 3 is 2.34 bits per heavy atom. The monoisotopic (exact) mass is 415 g/mol. The average molecular weight is 416 g/mol. The fourth-order valence-electron chi connectivity index (χ4n) is 3.52. The Morgan fingerprint density at radius 2 is 1.76 bits per heavy atom. The summed E-state index contributed by atoms with van der Waals surface area (Å²) in [6.07, 6.45) is 0.902. The third-order valence-corrected chi connectivity index (χ3v) is 6.26. The molecule has 0 spiro atoms. The van der Waals surface area contributed by atoms with E-state index in [4.69, 9.17) is 4.18 Å². The van der Waals surface area contributed by atoms with Crippen LogP contribution in [0.4, 0.5) is 0 Å². The Morgan fingerprint density at radius 1 is 1.10 bits per heavy atom. The minimum atomic E-state index is -3.54. The van der Waals surface area contributed by atoms with Gasteiger partial charge in [0.25, 0.3) is 0 Å². The molecule has 1 amide bonds. The van der Waals surface area contributed by atoms with Crippen molar-refractivity contribution in [1.82, 2.24) is 4.90 Å². The van der Waals surface area contributed by atoms with Gasteiger partial charge in [-0.05, 0) is 48.4 Å². The van der Waals surface area contributed by atoms with Gasteiger partial charge in [0.05, 0.1) is 5.75 Å². The Kier molecular flexibility index (Phi) is 6.63. The van der Waals surface area contributed by atoms with Crippen molar-refractivity contribution >= 4 is 16.0 Å². The summed E-state index contributed by atoms with van der Waals surface area (Å²) in [7, 11) is -3.54. The van der Waals surface area contributed by atoms with Gasteiger partial charge in [-0.15, -0.1) is 0 Å². The van der Waals surface area contributed by atoms with Gasteiger partial charge in [0, 0.05) is 19.0 Å². The van der Waals surface area contributed by atoms with Gasteiger partial charge in [-0.2, -0.15) is 8.42 Å². The standard InChI is InChI=1S/C23H29NO4S/c1-4-29(26,27)28-20-12-10-18(11-13-20)16-24(15-17(2)3)23(25)22-14-21(22)19-8-6-5-7-9-19/h5-13,17,21-22H,4,14-16H2,1-3H3. The zero-order valence-corrected chi connectivity index (χ0v) is 18.1. The van der Waals surface area contributed by atoms with E-state index in [1.807, 2.05) is 35.2 Å². The number of hydrogen-bond donors (Lipinski definition) is 0. The maximum absolute atomic E-state index is 13.1. The third-order valence-electron chi connectivity index (χ3n) is 5.11. The summed E-state index contributed by atoms with van der Waals surface area (Å²) in [5.74, 6) is 1.15. The van der Waals surface area contributed by atoms with Crippen molar-refractivity contribution in [3.63, 3.8) is 0 Å². The second-order valence-corrected chi connectivity index (χ2v) is 9.90. The van der Waals surface area contributed by atoms with Gasteiger partial charge < -0.3 is 9.08 Å². The molecule has 0 heterocycles. The topological polar surface area (TPSA) is 63.7 Å². The Labute approximate surface area is 173 Å². The van der Waals surface area contributed by atoms with Crippen molar-refractivity contribution in [3.05, 3.63) is 65.7 Å². The summed E-state index contributed by atoms with van der Waals surface area (Å²) in [6, 6.07) is 17.1. The molecule has 0 N–H and O–H groups in total. The highest BCUT2D eigenvalue weighted by Crippen LogP contribution is 2.48. The predicted octanol–water partition coefficient (Wildman–Crippen LogP) is 4.20. The van der Waals surface area contributed by atoms with E-state index >= 15 is 0 Å². The molecule has 0 radical (unpaired) electrons. The van der Waals surface area contributed by atoms with Gasteiger partial charge in [0.2, 0.25) is 5.91 Å². The molecular weight excluding hydrogens is 386 g/mol. The van der Waals surface area contributed by atoms with Crippen LogP contribution in [0.2, 0.25) is 0 Å². The summed E-state index contributed by atoms with van der Waals surface area (Å²) in [4.78, 5) is 15.1. The van der Waals surface area contributed by atoms with Crippen LogP contribution < -0.4 is 4.18 Å². The quantitative estimate of drug-likeness (QED) is 0.576. The number of benzene rings is 2. The third kappa shape index (κ3) is 5.82. The Balaban J connectivity index is 1.67. The number of carbonyl (C=O) groups is 1. The highest BCUT2D eigenvalue weighted by Gasteiger charge is 2.45. The minimum Gasteiger partial charge on any atom is -0.382 e. The number of nitrogens with zero attached hydrogens (tertiary/aromatic N) is 1.